The molecular weight excluding hydrogens is 246 g/mol. The smallest absolute Gasteiger partial charge is 0.230 e. The van der Waals surface area contributed by atoms with E-state index in [0.29, 0.717) is 0 Å². The van der Waals surface area contributed by atoms with Gasteiger partial charge in [-0.15, -0.1) is 0 Å². The van der Waals surface area contributed by atoms with Crippen molar-refractivity contribution in [3.05, 3.63) is 34.9 Å². The predicted molar refractivity (Wildman–Crippen MR) is 74.9 cm³/mol. The summed E-state index contributed by atoms with van der Waals surface area (Å²) in [4.78, 5) is 12.5. The Morgan fingerprint density at radius 2 is 1.89 bits per heavy atom. The largest absolute Gasteiger partial charge is 0.355 e. The van der Waals surface area contributed by atoms with E-state index in [4.69, 9.17) is 11.6 Å². The van der Waals surface area contributed by atoms with Crippen molar-refractivity contribution in [2.75, 3.05) is 6.54 Å². The molecule has 98 valence electrons. The van der Waals surface area contributed by atoms with Crippen molar-refractivity contribution in [1.82, 2.24) is 5.32 Å². The van der Waals surface area contributed by atoms with Gasteiger partial charge in [0.1, 0.15) is 0 Å². The molecule has 0 spiro atoms. The van der Waals surface area contributed by atoms with Crippen LogP contribution >= 0.6 is 11.6 Å². The fourth-order valence-corrected chi connectivity index (χ4v) is 2.93. The van der Waals surface area contributed by atoms with Crippen LogP contribution in [0.1, 0.15) is 44.6 Å². The fraction of sp³-hybridized carbons (Fsp3) is 0.533. The molecule has 0 radical (unpaired) electrons. The van der Waals surface area contributed by atoms with Crippen molar-refractivity contribution >= 4 is 17.5 Å². The van der Waals surface area contributed by atoms with Crippen molar-refractivity contribution in [3.63, 3.8) is 0 Å². The van der Waals surface area contributed by atoms with Gasteiger partial charge < -0.3 is 5.32 Å². The van der Waals surface area contributed by atoms with Crippen LogP contribution in [0.5, 0.6) is 0 Å². The van der Waals surface area contributed by atoms with Crippen LogP contribution in [-0.4, -0.2) is 12.5 Å². The average Bonchev–Trinajstić information content (AvgIpc) is 2.87. The van der Waals surface area contributed by atoms with E-state index in [9.17, 15) is 4.79 Å². The van der Waals surface area contributed by atoms with E-state index < -0.39 is 0 Å². The number of carbonyl (C=O) groups excluding carboxylic acids is 1. The van der Waals surface area contributed by atoms with Crippen LogP contribution in [0, 0.1) is 0 Å². The number of rotatable bonds is 4. The van der Waals surface area contributed by atoms with Gasteiger partial charge in [-0.3, -0.25) is 4.79 Å². The van der Waals surface area contributed by atoms with Gasteiger partial charge in [0.2, 0.25) is 5.91 Å². The Kier molecular flexibility index (Phi) is 4.28. The predicted octanol–water partition coefficient (Wildman–Crippen LogP) is 3.68. The number of nitrogens with one attached hydrogen (secondary N) is 1. The highest BCUT2D eigenvalue weighted by molar-refractivity contribution is 6.30. The monoisotopic (exact) mass is 265 g/mol. The molecule has 0 aromatic heterocycles. The van der Waals surface area contributed by atoms with Gasteiger partial charge in [0.25, 0.3) is 0 Å². The summed E-state index contributed by atoms with van der Waals surface area (Å²) in [7, 11) is 0. The van der Waals surface area contributed by atoms with Crippen LogP contribution in [0.15, 0.2) is 24.3 Å². The molecule has 1 fully saturated rings. The lowest BCUT2D eigenvalue weighted by Gasteiger charge is -2.28. The lowest BCUT2D eigenvalue weighted by atomic mass is 9.78. The van der Waals surface area contributed by atoms with E-state index >= 15 is 0 Å². The highest BCUT2D eigenvalue weighted by Gasteiger charge is 2.42. The van der Waals surface area contributed by atoms with Crippen molar-refractivity contribution < 1.29 is 4.79 Å². The highest BCUT2D eigenvalue weighted by Crippen LogP contribution is 2.41. The Balaban J connectivity index is 2.26. The van der Waals surface area contributed by atoms with Crippen LogP contribution < -0.4 is 5.32 Å². The summed E-state index contributed by atoms with van der Waals surface area (Å²) >= 11 is 5.93. The molecule has 0 aliphatic heterocycles. The number of amides is 1. The summed E-state index contributed by atoms with van der Waals surface area (Å²) in [5.74, 6) is 0.184. The molecule has 18 heavy (non-hydrogen) atoms. The number of hydrogen-bond acceptors (Lipinski definition) is 1. The average molecular weight is 266 g/mol. The molecule has 1 amide bonds. The van der Waals surface area contributed by atoms with Gasteiger partial charge in [-0.25, -0.2) is 0 Å². The molecule has 0 bridgehead atoms. The zero-order valence-corrected chi connectivity index (χ0v) is 11.6. The summed E-state index contributed by atoms with van der Waals surface area (Å²) in [5.41, 5.74) is 0.790. The minimum absolute atomic E-state index is 0.184. The van der Waals surface area contributed by atoms with Crippen LogP contribution in [0.3, 0.4) is 0 Å². The zero-order valence-electron chi connectivity index (χ0n) is 10.8. The van der Waals surface area contributed by atoms with Gasteiger partial charge in [-0.05, 0) is 37.0 Å². The highest BCUT2D eigenvalue weighted by atomic mass is 35.5. The number of carbonyl (C=O) groups is 1. The van der Waals surface area contributed by atoms with Crippen LogP contribution in [0.2, 0.25) is 5.02 Å². The summed E-state index contributed by atoms with van der Waals surface area (Å²) in [6, 6.07) is 7.76. The Bertz CT molecular complexity index is 407. The normalized spacial score (nSPS) is 17.7. The fourth-order valence-electron chi connectivity index (χ4n) is 2.80. The molecule has 1 saturated carbocycles. The van der Waals surface area contributed by atoms with E-state index in [1.807, 2.05) is 24.3 Å². The van der Waals surface area contributed by atoms with Gasteiger partial charge in [0.05, 0.1) is 5.41 Å². The molecule has 0 heterocycles. The first-order chi connectivity index (χ1) is 8.69. The van der Waals surface area contributed by atoms with E-state index in [1.165, 1.54) is 0 Å². The summed E-state index contributed by atoms with van der Waals surface area (Å²) in [6.45, 7) is 2.83. The lowest BCUT2D eigenvalue weighted by Crippen LogP contribution is -2.42. The van der Waals surface area contributed by atoms with E-state index in [0.717, 1.165) is 49.2 Å². The van der Waals surface area contributed by atoms with Gasteiger partial charge in [-0.2, -0.15) is 0 Å². The summed E-state index contributed by atoms with van der Waals surface area (Å²) < 4.78 is 0. The number of benzene rings is 1. The van der Waals surface area contributed by atoms with Gasteiger partial charge in [0.15, 0.2) is 0 Å². The van der Waals surface area contributed by atoms with Crippen LogP contribution in [0.4, 0.5) is 0 Å². The first-order valence-electron chi connectivity index (χ1n) is 6.73. The first-order valence-corrected chi connectivity index (χ1v) is 7.11. The van der Waals surface area contributed by atoms with Crippen LogP contribution in [-0.2, 0) is 10.2 Å². The lowest BCUT2D eigenvalue weighted by molar-refractivity contribution is -0.126. The molecule has 2 nitrogen and oxygen atoms in total. The van der Waals surface area contributed by atoms with Crippen molar-refractivity contribution in [2.45, 2.75) is 44.4 Å². The third-order valence-electron chi connectivity index (χ3n) is 3.82. The SMILES string of the molecule is CCCNC(=O)C1(c2ccc(Cl)cc2)CCCC1. The summed E-state index contributed by atoms with van der Waals surface area (Å²) in [5, 5.41) is 3.78. The van der Waals surface area contributed by atoms with E-state index in [-0.39, 0.29) is 11.3 Å². The molecule has 2 rings (SSSR count). The van der Waals surface area contributed by atoms with Crippen molar-refractivity contribution in [2.24, 2.45) is 0 Å². The van der Waals surface area contributed by atoms with Crippen LogP contribution in [0.25, 0.3) is 0 Å². The van der Waals surface area contributed by atoms with Gasteiger partial charge in [-0.1, -0.05) is 43.5 Å². The minimum atomic E-state index is -0.320. The second-order valence-corrected chi connectivity index (χ2v) is 5.49. The molecule has 1 aromatic rings. The topological polar surface area (TPSA) is 29.1 Å². The Labute approximate surface area is 114 Å². The standard InChI is InChI=1S/C15H20ClNO/c1-2-11-17-14(18)15(9-3-4-10-15)12-5-7-13(16)8-6-12/h5-8H,2-4,9-11H2,1H3,(H,17,18). The third-order valence-corrected chi connectivity index (χ3v) is 4.08. The van der Waals surface area contributed by atoms with E-state index in [2.05, 4.69) is 12.2 Å². The molecule has 0 saturated heterocycles. The number of hydrogen-bond donors (Lipinski definition) is 1. The molecule has 0 unspecified atom stereocenters. The van der Waals surface area contributed by atoms with E-state index in [1.54, 1.807) is 0 Å². The molecule has 1 aliphatic carbocycles. The molecule has 3 heteroatoms. The Morgan fingerprint density at radius 3 is 2.44 bits per heavy atom. The molecule has 1 aliphatic rings. The second-order valence-electron chi connectivity index (χ2n) is 5.05. The first kappa shape index (κ1) is 13.4. The molecule has 1 aromatic carbocycles. The van der Waals surface area contributed by atoms with Gasteiger partial charge >= 0.3 is 0 Å². The summed E-state index contributed by atoms with van der Waals surface area (Å²) in [6.07, 6.45) is 5.13. The third kappa shape index (κ3) is 2.54. The minimum Gasteiger partial charge on any atom is -0.355 e. The molecular formula is C15H20ClNO. The van der Waals surface area contributed by atoms with Gasteiger partial charge in [0, 0.05) is 11.6 Å². The second kappa shape index (κ2) is 5.75. The Morgan fingerprint density at radius 1 is 1.28 bits per heavy atom. The number of halogens is 1. The Hall–Kier alpha value is -1.02. The maximum Gasteiger partial charge on any atom is 0.230 e. The maximum absolute atomic E-state index is 12.5. The van der Waals surface area contributed by atoms with Crippen molar-refractivity contribution in [3.8, 4) is 0 Å². The molecule has 1 N–H and O–H groups in total. The molecule has 0 atom stereocenters. The quantitative estimate of drug-likeness (QED) is 0.884. The zero-order chi connectivity index (χ0) is 13.0. The van der Waals surface area contributed by atoms with Crippen molar-refractivity contribution in [1.29, 1.82) is 0 Å². The maximum atomic E-state index is 12.5.